The maximum Gasteiger partial charge on any atom is 0.241 e. The van der Waals surface area contributed by atoms with Crippen LogP contribution in [0, 0.1) is 0 Å². The molecule has 1 aromatic heterocycles. The van der Waals surface area contributed by atoms with Gasteiger partial charge in [-0.3, -0.25) is 4.90 Å². The van der Waals surface area contributed by atoms with Crippen molar-refractivity contribution >= 4 is 0 Å². The van der Waals surface area contributed by atoms with Gasteiger partial charge in [0, 0.05) is 12.1 Å². The summed E-state index contributed by atoms with van der Waals surface area (Å²) in [6.45, 7) is 7.46. The van der Waals surface area contributed by atoms with Crippen molar-refractivity contribution in [3.05, 3.63) is 30.2 Å². The third-order valence-corrected chi connectivity index (χ3v) is 3.23. The fraction of sp³-hybridized carbons (Fsp3) is 0.500. The van der Waals surface area contributed by atoms with Crippen molar-refractivity contribution in [2.75, 3.05) is 20.2 Å². The van der Waals surface area contributed by atoms with Crippen LogP contribution in [0.25, 0.3) is 11.4 Å². The molecule has 0 unspecified atom stereocenters. The Morgan fingerprint density at radius 3 is 2.50 bits per heavy atom. The van der Waals surface area contributed by atoms with E-state index in [2.05, 4.69) is 15.0 Å². The molecule has 0 spiro atoms. The number of aromatic nitrogens is 2. The van der Waals surface area contributed by atoms with Crippen molar-refractivity contribution in [1.29, 1.82) is 0 Å². The standard InChI is InChI=1S/C16H23N3O3/c1-5-19(11-16(2,3)20)10-14-17-15(18-22-14)12-6-8-13(21-4)9-7-12/h6-9,20H,5,10-11H2,1-4H3. The third kappa shape index (κ3) is 4.54. The Morgan fingerprint density at radius 1 is 1.27 bits per heavy atom. The highest BCUT2D eigenvalue weighted by molar-refractivity contribution is 5.55. The summed E-state index contributed by atoms with van der Waals surface area (Å²) in [6, 6.07) is 7.50. The molecule has 0 amide bonds. The molecule has 1 aromatic carbocycles. The number of ether oxygens (including phenoxy) is 1. The number of hydrogen-bond donors (Lipinski definition) is 1. The summed E-state index contributed by atoms with van der Waals surface area (Å²) in [4.78, 5) is 6.47. The summed E-state index contributed by atoms with van der Waals surface area (Å²) in [5, 5.41) is 13.9. The smallest absolute Gasteiger partial charge is 0.241 e. The van der Waals surface area contributed by atoms with Crippen LogP contribution < -0.4 is 4.74 Å². The molecule has 2 aromatic rings. The van der Waals surface area contributed by atoms with Gasteiger partial charge in [0.05, 0.1) is 19.3 Å². The van der Waals surface area contributed by atoms with Gasteiger partial charge in [0.2, 0.25) is 11.7 Å². The molecule has 1 heterocycles. The van der Waals surface area contributed by atoms with Gasteiger partial charge in [0.15, 0.2) is 0 Å². The first-order chi connectivity index (χ1) is 10.4. The van der Waals surface area contributed by atoms with Crippen LogP contribution in [-0.2, 0) is 6.54 Å². The van der Waals surface area contributed by atoms with E-state index >= 15 is 0 Å². The minimum Gasteiger partial charge on any atom is -0.497 e. The van der Waals surface area contributed by atoms with Crippen LogP contribution in [0.2, 0.25) is 0 Å². The second kappa shape index (κ2) is 6.89. The molecule has 0 aliphatic heterocycles. The molecule has 0 bridgehead atoms. The average Bonchev–Trinajstić information content (AvgIpc) is 2.93. The lowest BCUT2D eigenvalue weighted by atomic mass is 10.1. The number of nitrogens with zero attached hydrogens (tertiary/aromatic N) is 3. The summed E-state index contributed by atoms with van der Waals surface area (Å²) in [7, 11) is 1.63. The molecule has 1 N–H and O–H groups in total. The van der Waals surface area contributed by atoms with E-state index in [0.717, 1.165) is 17.9 Å². The van der Waals surface area contributed by atoms with Gasteiger partial charge in [-0.2, -0.15) is 4.98 Å². The number of hydrogen-bond acceptors (Lipinski definition) is 6. The molecule has 6 nitrogen and oxygen atoms in total. The van der Waals surface area contributed by atoms with Gasteiger partial charge in [0.25, 0.3) is 0 Å². The summed E-state index contributed by atoms with van der Waals surface area (Å²) in [6.07, 6.45) is 0. The largest absolute Gasteiger partial charge is 0.497 e. The topological polar surface area (TPSA) is 71.6 Å². The molecule has 0 radical (unpaired) electrons. The van der Waals surface area contributed by atoms with E-state index in [1.54, 1.807) is 21.0 Å². The molecule has 2 rings (SSSR count). The van der Waals surface area contributed by atoms with Gasteiger partial charge in [-0.15, -0.1) is 0 Å². The Bertz CT molecular complexity index is 587. The quantitative estimate of drug-likeness (QED) is 0.846. The highest BCUT2D eigenvalue weighted by atomic mass is 16.5. The maximum atomic E-state index is 9.91. The zero-order chi connectivity index (χ0) is 16.2. The highest BCUT2D eigenvalue weighted by Crippen LogP contribution is 2.20. The molecule has 0 fully saturated rings. The number of likely N-dealkylation sites (N-methyl/N-ethyl adjacent to an activating group) is 1. The summed E-state index contributed by atoms with van der Waals surface area (Å²) in [5.41, 5.74) is 0.121. The normalized spacial score (nSPS) is 11.9. The van der Waals surface area contributed by atoms with Crippen molar-refractivity contribution in [3.63, 3.8) is 0 Å². The first-order valence-corrected chi connectivity index (χ1v) is 7.33. The lowest BCUT2D eigenvalue weighted by Crippen LogP contribution is -2.38. The molecule has 6 heteroatoms. The van der Waals surface area contributed by atoms with Crippen LogP contribution in [0.3, 0.4) is 0 Å². The molecular formula is C16H23N3O3. The molecule has 0 saturated heterocycles. The zero-order valence-electron chi connectivity index (χ0n) is 13.5. The van der Waals surface area contributed by atoms with E-state index in [1.165, 1.54) is 0 Å². The lowest BCUT2D eigenvalue weighted by Gasteiger charge is -2.26. The second-order valence-electron chi connectivity index (χ2n) is 5.86. The summed E-state index contributed by atoms with van der Waals surface area (Å²) < 4.78 is 10.4. The van der Waals surface area contributed by atoms with E-state index in [-0.39, 0.29) is 0 Å². The number of methoxy groups -OCH3 is 1. The Labute approximate surface area is 130 Å². The van der Waals surface area contributed by atoms with Crippen LogP contribution in [-0.4, -0.2) is 45.9 Å². The minimum atomic E-state index is -0.755. The van der Waals surface area contributed by atoms with E-state index in [0.29, 0.717) is 24.8 Å². The van der Waals surface area contributed by atoms with Gasteiger partial charge < -0.3 is 14.4 Å². The first kappa shape index (κ1) is 16.5. The maximum absolute atomic E-state index is 9.91. The Balaban J connectivity index is 2.06. The van der Waals surface area contributed by atoms with Gasteiger partial charge >= 0.3 is 0 Å². The highest BCUT2D eigenvalue weighted by Gasteiger charge is 2.19. The van der Waals surface area contributed by atoms with Crippen molar-refractivity contribution in [2.24, 2.45) is 0 Å². The van der Waals surface area contributed by atoms with Crippen LogP contribution in [0.1, 0.15) is 26.7 Å². The Morgan fingerprint density at radius 2 is 1.95 bits per heavy atom. The Hall–Kier alpha value is -1.92. The van der Waals surface area contributed by atoms with E-state index in [9.17, 15) is 5.11 Å². The van der Waals surface area contributed by atoms with Crippen molar-refractivity contribution in [2.45, 2.75) is 32.9 Å². The van der Waals surface area contributed by atoms with Gasteiger partial charge in [-0.05, 0) is 44.7 Å². The molecule has 0 atom stereocenters. The molecular weight excluding hydrogens is 282 g/mol. The van der Waals surface area contributed by atoms with Gasteiger partial charge in [-0.25, -0.2) is 0 Å². The summed E-state index contributed by atoms with van der Waals surface area (Å²) in [5.74, 6) is 1.88. The fourth-order valence-corrected chi connectivity index (χ4v) is 2.19. The predicted molar refractivity (Wildman–Crippen MR) is 83.5 cm³/mol. The monoisotopic (exact) mass is 305 g/mol. The van der Waals surface area contributed by atoms with E-state index in [4.69, 9.17) is 9.26 Å². The molecule has 0 aliphatic carbocycles. The second-order valence-corrected chi connectivity index (χ2v) is 5.86. The van der Waals surface area contributed by atoms with Crippen molar-refractivity contribution < 1.29 is 14.4 Å². The average molecular weight is 305 g/mol. The molecule has 0 saturated carbocycles. The first-order valence-electron chi connectivity index (χ1n) is 7.33. The molecule has 22 heavy (non-hydrogen) atoms. The Kier molecular flexibility index (Phi) is 5.15. The van der Waals surface area contributed by atoms with E-state index in [1.807, 2.05) is 31.2 Å². The zero-order valence-corrected chi connectivity index (χ0v) is 13.5. The van der Waals surface area contributed by atoms with Crippen LogP contribution in [0.5, 0.6) is 5.75 Å². The minimum absolute atomic E-state index is 0.518. The van der Waals surface area contributed by atoms with Gasteiger partial charge in [0.1, 0.15) is 5.75 Å². The number of rotatable bonds is 7. The third-order valence-electron chi connectivity index (χ3n) is 3.23. The van der Waals surface area contributed by atoms with Crippen LogP contribution in [0.4, 0.5) is 0 Å². The predicted octanol–water partition coefficient (Wildman–Crippen LogP) is 2.34. The van der Waals surface area contributed by atoms with E-state index < -0.39 is 5.60 Å². The fourth-order valence-electron chi connectivity index (χ4n) is 2.19. The number of benzene rings is 1. The molecule has 0 aliphatic rings. The SMILES string of the molecule is CCN(Cc1nc(-c2ccc(OC)cc2)no1)CC(C)(C)O. The van der Waals surface area contributed by atoms with Crippen LogP contribution >= 0.6 is 0 Å². The van der Waals surface area contributed by atoms with Crippen molar-refractivity contribution in [3.8, 4) is 17.1 Å². The summed E-state index contributed by atoms with van der Waals surface area (Å²) >= 11 is 0. The van der Waals surface area contributed by atoms with Crippen LogP contribution in [0.15, 0.2) is 28.8 Å². The number of aliphatic hydroxyl groups is 1. The van der Waals surface area contributed by atoms with Crippen molar-refractivity contribution in [1.82, 2.24) is 15.0 Å². The van der Waals surface area contributed by atoms with Gasteiger partial charge in [-0.1, -0.05) is 12.1 Å². The molecule has 120 valence electrons. The lowest BCUT2D eigenvalue weighted by molar-refractivity contribution is 0.0322.